The van der Waals surface area contributed by atoms with E-state index < -0.39 is 0 Å². The maximum absolute atomic E-state index is 12.2. The lowest BCUT2D eigenvalue weighted by molar-refractivity contribution is -0.133. The third-order valence-electron chi connectivity index (χ3n) is 3.93. The zero-order chi connectivity index (χ0) is 11.6. The molecule has 1 unspecified atom stereocenters. The van der Waals surface area contributed by atoms with Crippen LogP contribution in [0, 0.1) is 10.8 Å². The number of methoxy groups -OCH3 is 1. The highest BCUT2D eigenvalue weighted by molar-refractivity contribution is 5.83. The third-order valence-corrected chi connectivity index (χ3v) is 3.93. The molecular weight excluding hydrogens is 204 g/mol. The molecule has 1 aliphatic heterocycles. The van der Waals surface area contributed by atoms with Crippen LogP contribution in [0.4, 0.5) is 0 Å². The SMILES string of the molecule is COCC1(C(=O)NCC2(C)CC2)CCNC1. The summed E-state index contributed by atoms with van der Waals surface area (Å²) in [5.74, 6) is 0.160. The summed E-state index contributed by atoms with van der Waals surface area (Å²) in [5.41, 5.74) is 0.0377. The Bertz CT molecular complexity index is 268. The van der Waals surface area contributed by atoms with Crippen LogP contribution in [0.2, 0.25) is 0 Å². The Hall–Kier alpha value is -0.610. The molecule has 2 fully saturated rings. The summed E-state index contributed by atoms with van der Waals surface area (Å²) in [6.07, 6.45) is 3.36. The molecule has 2 aliphatic rings. The topological polar surface area (TPSA) is 50.4 Å². The first-order valence-corrected chi connectivity index (χ1v) is 6.08. The summed E-state index contributed by atoms with van der Waals surface area (Å²) in [7, 11) is 1.66. The van der Waals surface area contributed by atoms with Gasteiger partial charge in [0.2, 0.25) is 5.91 Å². The van der Waals surface area contributed by atoms with Crippen molar-refractivity contribution in [1.29, 1.82) is 0 Å². The molecule has 1 saturated carbocycles. The van der Waals surface area contributed by atoms with Gasteiger partial charge in [0, 0.05) is 20.2 Å². The van der Waals surface area contributed by atoms with Crippen LogP contribution in [0.15, 0.2) is 0 Å². The molecule has 92 valence electrons. The molecule has 16 heavy (non-hydrogen) atoms. The number of carbonyl (C=O) groups is 1. The lowest BCUT2D eigenvalue weighted by Gasteiger charge is -2.26. The van der Waals surface area contributed by atoms with Gasteiger partial charge < -0.3 is 15.4 Å². The molecule has 4 heteroatoms. The second kappa shape index (κ2) is 4.34. The van der Waals surface area contributed by atoms with Gasteiger partial charge in [0.05, 0.1) is 12.0 Å². The summed E-state index contributed by atoms with van der Waals surface area (Å²) >= 11 is 0. The average molecular weight is 226 g/mol. The molecule has 2 rings (SSSR count). The molecule has 1 heterocycles. The standard InChI is InChI=1S/C12H22N2O2/c1-11(3-4-11)7-14-10(15)12(9-16-2)5-6-13-8-12/h13H,3-9H2,1-2H3,(H,14,15). The first kappa shape index (κ1) is 11.9. The first-order chi connectivity index (χ1) is 7.60. The van der Waals surface area contributed by atoms with Gasteiger partial charge in [-0.05, 0) is 31.2 Å². The first-order valence-electron chi connectivity index (χ1n) is 6.08. The molecule has 0 spiro atoms. The molecule has 0 aromatic rings. The second-order valence-electron chi connectivity index (χ2n) is 5.63. The van der Waals surface area contributed by atoms with Crippen LogP contribution < -0.4 is 10.6 Å². The van der Waals surface area contributed by atoms with Crippen LogP contribution in [0.25, 0.3) is 0 Å². The number of rotatable bonds is 5. The maximum atomic E-state index is 12.2. The Kier molecular flexibility index (Phi) is 3.22. The van der Waals surface area contributed by atoms with E-state index in [2.05, 4.69) is 17.6 Å². The van der Waals surface area contributed by atoms with E-state index in [0.717, 1.165) is 26.1 Å². The van der Waals surface area contributed by atoms with Gasteiger partial charge in [0.1, 0.15) is 0 Å². The van der Waals surface area contributed by atoms with E-state index in [1.54, 1.807) is 7.11 Å². The van der Waals surface area contributed by atoms with Crippen LogP contribution >= 0.6 is 0 Å². The molecule has 1 saturated heterocycles. The summed E-state index contributed by atoms with van der Waals surface area (Å²) in [6, 6.07) is 0. The fourth-order valence-corrected chi connectivity index (χ4v) is 2.27. The van der Waals surface area contributed by atoms with E-state index in [-0.39, 0.29) is 11.3 Å². The van der Waals surface area contributed by atoms with Gasteiger partial charge in [0.15, 0.2) is 0 Å². The zero-order valence-electron chi connectivity index (χ0n) is 10.3. The molecule has 0 radical (unpaired) electrons. The molecule has 0 bridgehead atoms. The van der Waals surface area contributed by atoms with Gasteiger partial charge in [-0.3, -0.25) is 4.79 Å². The maximum Gasteiger partial charge on any atom is 0.229 e. The van der Waals surface area contributed by atoms with Crippen molar-refractivity contribution in [2.45, 2.75) is 26.2 Å². The Morgan fingerprint density at radius 2 is 2.19 bits per heavy atom. The summed E-state index contributed by atoms with van der Waals surface area (Å²) in [5, 5.41) is 6.34. The van der Waals surface area contributed by atoms with Gasteiger partial charge in [0.25, 0.3) is 0 Å². The van der Waals surface area contributed by atoms with Crippen molar-refractivity contribution < 1.29 is 9.53 Å². The highest BCUT2D eigenvalue weighted by Gasteiger charge is 2.43. The Balaban J connectivity index is 1.89. The van der Waals surface area contributed by atoms with Crippen molar-refractivity contribution >= 4 is 5.91 Å². The van der Waals surface area contributed by atoms with Crippen molar-refractivity contribution in [3.63, 3.8) is 0 Å². The molecule has 2 N–H and O–H groups in total. The van der Waals surface area contributed by atoms with E-state index >= 15 is 0 Å². The normalized spacial score (nSPS) is 31.4. The molecule has 1 amide bonds. The number of amides is 1. The second-order valence-corrected chi connectivity index (χ2v) is 5.63. The molecule has 0 aromatic heterocycles. The van der Waals surface area contributed by atoms with E-state index in [4.69, 9.17) is 4.74 Å². The fraction of sp³-hybridized carbons (Fsp3) is 0.917. The van der Waals surface area contributed by atoms with Gasteiger partial charge >= 0.3 is 0 Å². The van der Waals surface area contributed by atoms with Crippen LogP contribution in [0.1, 0.15) is 26.2 Å². The lowest BCUT2D eigenvalue weighted by atomic mass is 9.87. The summed E-state index contributed by atoms with van der Waals surface area (Å²) < 4.78 is 5.20. The highest BCUT2D eigenvalue weighted by Crippen LogP contribution is 2.44. The molecular formula is C12H22N2O2. The van der Waals surface area contributed by atoms with Crippen LogP contribution in [0.3, 0.4) is 0 Å². The van der Waals surface area contributed by atoms with Crippen molar-refractivity contribution in [1.82, 2.24) is 10.6 Å². The number of nitrogens with one attached hydrogen (secondary N) is 2. The number of hydrogen-bond acceptors (Lipinski definition) is 3. The highest BCUT2D eigenvalue weighted by atomic mass is 16.5. The summed E-state index contributed by atoms with van der Waals surface area (Å²) in [6.45, 7) is 5.21. The Morgan fingerprint density at radius 1 is 1.44 bits per heavy atom. The average Bonchev–Trinajstić information content (AvgIpc) is 2.80. The quantitative estimate of drug-likeness (QED) is 0.719. The predicted octanol–water partition coefficient (Wildman–Crippen LogP) is 0.529. The van der Waals surface area contributed by atoms with E-state index in [0.29, 0.717) is 12.0 Å². The number of hydrogen-bond donors (Lipinski definition) is 2. The van der Waals surface area contributed by atoms with Crippen molar-refractivity contribution in [3.8, 4) is 0 Å². The van der Waals surface area contributed by atoms with Crippen LogP contribution in [-0.4, -0.2) is 39.3 Å². The van der Waals surface area contributed by atoms with Crippen molar-refractivity contribution in [2.24, 2.45) is 10.8 Å². The minimum atomic E-state index is -0.333. The molecule has 1 atom stereocenters. The summed E-state index contributed by atoms with van der Waals surface area (Å²) in [4.78, 5) is 12.2. The Morgan fingerprint density at radius 3 is 2.69 bits per heavy atom. The molecule has 0 aromatic carbocycles. The van der Waals surface area contributed by atoms with E-state index in [1.807, 2.05) is 0 Å². The smallest absolute Gasteiger partial charge is 0.229 e. The van der Waals surface area contributed by atoms with E-state index in [1.165, 1.54) is 12.8 Å². The zero-order valence-corrected chi connectivity index (χ0v) is 10.3. The molecule has 1 aliphatic carbocycles. The number of ether oxygens (including phenoxy) is 1. The van der Waals surface area contributed by atoms with Crippen LogP contribution in [0.5, 0.6) is 0 Å². The minimum absolute atomic E-state index is 0.160. The van der Waals surface area contributed by atoms with Crippen molar-refractivity contribution in [3.05, 3.63) is 0 Å². The van der Waals surface area contributed by atoms with Crippen LogP contribution in [-0.2, 0) is 9.53 Å². The predicted molar refractivity (Wildman–Crippen MR) is 62.1 cm³/mol. The van der Waals surface area contributed by atoms with E-state index in [9.17, 15) is 4.79 Å². The minimum Gasteiger partial charge on any atom is -0.384 e. The number of carbonyl (C=O) groups excluding carboxylic acids is 1. The molecule has 4 nitrogen and oxygen atoms in total. The van der Waals surface area contributed by atoms with Gasteiger partial charge in [-0.2, -0.15) is 0 Å². The van der Waals surface area contributed by atoms with Gasteiger partial charge in [-0.1, -0.05) is 6.92 Å². The van der Waals surface area contributed by atoms with Gasteiger partial charge in [-0.15, -0.1) is 0 Å². The van der Waals surface area contributed by atoms with Crippen molar-refractivity contribution in [2.75, 3.05) is 33.4 Å². The van der Waals surface area contributed by atoms with Gasteiger partial charge in [-0.25, -0.2) is 0 Å². The third kappa shape index (κ3) is 2.38. The lowest BCUT2D eigenvalue weighted by Crippen LogP contribution is -2.46. The largest absolute Gasteiger partial charge is 0.384 e. The monoisotopic (exact) mass is 226 g/mol. The Labute approximate surface area is 97.1 Å². The fourth-order valence-electron chi connectivity index (χ4n) is 2.27.